The summed E-state index contributed by atoms with van der Waals surface area (Å²) in [5.41, 5.74) is 3.18. The highest BCUT2D eigenvalue weighted by atomic mass is 35.5. The van der Waals surface area contributed by atoms with Crippen LogP contribution in [-0.4, -0.2) is 45.8 Å². The van der Waals surface area contributed by atoms with Gasteiger partial charge in [0.25, 0.3) is 15.6 Å². The molecule has 6 rings (SSSR count). The van der Waals surface area contributed by atoms with E-state index in [0.717, 1.165) is 22.9 Å². The first-order valence-electron chi connectivity index (χ1n) is 14.4. The largest absolute Gasteiger partial charge is 0.324 e. The van der Waals surface area contributed by atoms with E-state index in [1.54, 1.807) is 52.3 Å². The van der Waals surface area contributed by atoms with Gasteiger partial charge in [-0.2, -0.15) is 0 Å². The molecule has 0 saturated heterocycles. The van der Waals surface area contributed by atoms with E-state index >= 15 is 0 Å². The highest BCUT2D eigenvalue weighted by Crippen LogP contribution is 2.30. The molecule has 0 saturated carbocycles. The fraction of sp³-hybridized carbons (Fsp3) is 0.152. The highest BCUT2D eigenvalue weighted by molar-refractivity contribution is 7.99. The van der Waals surface area contributed by atoms with E-state index in [1.807, 2.05) is 49.4 Å². The molecular weight excluding hydrogens is 644 g/mol. The molecule has 1 amide bonds. The molecule has 0 aliphatic carbocycles. The molecule has 0 aliphatic heterocycles. The number of carbonyl (C=O) groups is 1. The molecule has 0 unspecified atom stereocenters. The molecule has 46 heavy (non-hydrogen) atoms. The number of nitrogens with one attached hydrogen (secondary N) is 1. The van der Waals surface area contributed by atoms with Gasteiger partial charge in [-0.15, -0.1) is 10.2 Å². The summed E-state index contributed by atoms with van der Waals surface area (Å²) in [6, 6.07) is 28.1. The van der Waals surface area contributed by atoms with Gasteiger partial charge in [-0.1, -0.05) is 83.5 Å². The number of thioether (sulfide) groups is 1. The van der Waals surface area contributed by atoms with Crippen LogP contribution < -0.4 is 15.2 Å². The number of sulfonamides is 1. The molecule has 2 heterocycles. The molecule has 10 nitrogen and oxygen atoms in total. The van der Waals surface area contributed by atoms with Crippen molar-refractivity contribution in [3.8, 4) is 0 Å². The van der Waals surface area contributed by atoms with Crippen LogP contribution in [0.1, 0.15) is 18.1 Å². The van der Waals surface area contributed by atoms with Gasteiger partial charge >= 0.3 is 0 Å². The third-order valence-corrected chi connectivity index (χ3v) is 10.6. The number of aromatic nitrogens is 4. The zero-order chi connectivity index (χ0) is 32.4. The van der Waals surface area contributed by atoms with E-state index in [2.05, 4.69) is 15.5 Å². The average molecular weight is 673 g/mol. The van der Waals surface area contributed by atoms with Crippen LogP contribution in [0.3, 0.4) is 0 Å². The Kier molecular flexibility index (Phi) is 8.85. The topological polar surface area (TPSA) is 119 Å². The molecule has 0 fully saturated rings. The third kappa shape index (κ3) is 6.11. The lowest BCUT2D eigenvalue weighted by Gasteiger charge is -2.23. The normalized spacial score (nSPS) is 11.6. The summed E-state index contributed by atoms with van der Waals surface area (Å²) in [6.45, 7) is 4.27. The van der Waals surface area contributed by atoms with Crippen molar-refractivity contribution in [1.29, 1.82) is 0 Å². The number of nitrogens with zero attached hydrogens (tertiary/aromatic N) is 5. The Hall–Kier alpha value is -4.65. The van der Waals surface area contributed by atoms with Crippen LogP contribution >= 0.6 is 23.4 Å². The van der Waals surface area contributed by atoms with Crippen LogP contribution in [-0.2, 0) is 21.4 Å². The van der Waals surface area contributed by atoms with Crippen LogP contribution in [0.15, 0.2) is 112 Å². The molecule has 13 heteroatoms. The fourth-order valence-corrected chi connectivity index (χ4v) is 7.54. The summed E-state index contributed by atoms with van der Waals surface area (Å²) in [5.74, 6) is -0.150. The van der Waals surface area contributed by atoms with Crippen molar-refractivity contribution in [2.75, 3.05) is 21.9 Å². The maximum atomic E-state index is 13.5. The molecule has 0 aliphatic rings. The summed E-state index contributed by atoms with van der Waals surface area (Å²) < 4.78 is 31.7. The summed E-state index contributed by atoms with van der Waals surface area (Å²) in [6.07, 6.45) is 0. The number of hydrogen-bond acceptors (Lipinski definition) is 7. The summed E-state index contributed by atoms with van der Waals surface area (Å²) >= 11 is 7.52. The molecular formula is C33H29ClN6O4S2. The van der Waals surface area contributed by atoms with Crippen molar-refractivity contribution < 1.29 is 13.2 Å². The first kappa shape index (κ1) is 31.3. The summed E-state index contributed by atoms with van der Waals surface area (Å²) in [5, 5.41) is 12.5. The number of amides is 1. The lowest BCUT2D eigenvalue weighted by atomic mass is 10.1. The van der Waals surface area contributed by atoms with Crippen LogP contribution in [0, 0.1) is 6.92 Å². The standard InChI is InChI=1S/C33H29ClN6O4S2/c1-3-39(24-9-5-4-6-10-24)46(43,44)25-17-18-27(34)28(19-25)35-30(41)21-45-33-37-36-32-38(20-23-15-13-22(2)14-16-23)31(42)26-11-7-8-12-29(26)40(32)33/h4-19H,3,20-21H2,1-2H3,(H,35,41). The molecule has 0 spiro atoms. The second-order valence-electron chi connectivity index (χ2n) is 10.5. The molecule has 2 aromatic heterocycles. The van der Waals surface area contributed by atoms with Gasteiger partial charge in [-0.05, 0) is 61.9 Å². The van der Waals surface area contributed by atoms with Gasteiger partial charge in [0, 0.05) is 6.54 Å². The number of aryl methyl sites for hydroxylation is 1. The van der Waals surface area contributed by atoms with Gasteiger partial charge in [0.2, 0.25) is 11.7 Å². The Bertz CT molecular complexity index is 2240. The van der Waals surface area contributed by atoms with Crippen molar-refractivity contribution >= 4 is 67.3 Å². The van der Waals surface area contributed by atoms with Crippen LogP contribution in [0.4, 0.5) is 11.4 Å². The van der Waals surface area contributed by atoms with Gasteiger partial charge in [0.1, 0.15) is 0 Å². The number of benzene rings is 4. The SMILES string of the molecule is CCN(c1ccccc1)S(=O)(=O)c1ccc(Cl)c(NC(=O)CSc2nnc3n(Cc4ccc(C)cc4)c(=O)c4ccccc4n23)c1. The van der Waals surface area contributed by atoms with Gasteiger partial charge in [0.15, 0.2) is 5.16 Å². The minimum Gasteiger partial charge on any atom is -0.324 e. The molecule has 0 atom stereocenters. The van der Waals surface area contributed by atoms with E-state index in [0.29, 0.717) is 34.1 Å². The van der Waals surface area contributed by atoms with Crippen molar-refractivity contribution in [3.63, 3.8) is 0 Å². The Morgan fingerprint density at radius 1 is 0.957 bits per heavy atom. The van der Waals surface area contributed by atoms with Gasteiger partial charge in [0.05, 0.1) is 44.5 Å². The summed E-state index contributed by atoms with van der Waals surface area (Å²) in [7, 11) is -3.94. The Labute approximate surface area is 274 Å². The Morgan fingerprint density at radius 2 is 1.67 bits per heavy atom. The number of rotatable bonds is 10. The van der Waals surface area contributed by atoms with Crippen LogP contribution in [0.5, 0.6) is 0 Å². The lowest BCUT2D eigenvalue weighted by molar-refractivity contribution is -0.113. The Balaban J connectivity index is 1.26. The molecule has 234 valence electrons. The fourth-order valence-electron chi connectivity index (χ4n) is 5.14. The second-order valence-corrected chi connectivity index (χ2v) is 13.7. The molecule has 0 radical (unpaired) electrons. The number of anilines is 2. The highest BCUT2D eigenvalue weighted by Gasteiger charge is 2.25. The summed E-state index contributed by atoms with van der Waals surface area (Å²) in [4.78, 5) is 26.7. The first-order valence-corrected chi connectivity index (χ1v) is 17.2. The average Bonchev–Trinajstić information content (AvgIpc) is 3.49. The van der Waals surface area contributed by atoms with Crippen molar-refractivity contribution in [1.82, 2.24) is 19.2 Å². The number of para-hydroxylation sites is 2. The lowest BCUT2D eigenvalue weighted by Crippen LogP contribution is -2.30. The molecule has 4 aromatic carbocycles. The minimum atomic E-state index is -3.94. The van der Waals surface area contributed by atoms with E-state index in [9.17, 15) is 18.0 Å². The van der Waals surface area contributed by atoms with E-state index in [1.165, 1.54) is 22.5 Å². The maximum Gasteiger partial charge on any atom is 0.264 e. The Morgan fingerprint density at radius 3 is 2.41 bits per heavy atom. The number of halogens is 1. The number of fused-ring (bicyclic) bond motifs is 3. The smallest absolute Gasteiger partial charge is 0.264 e. The number of carbonyl (C=O) groups excluding carboxylic acids is 1. The van der Waals surface area contributed by atoms with E-state index < -0.39 is 15.9 Å². The van der Waals surface area contributed by atoms with Gasteiger partial charge in [-0.25, -0.2) is 8.42 Å². The monoisotopic (exact) mass is 672 g/mol. The van der Waals surface area contributed by atoms with E-state index in [4.69, 9.17) is 11.6 Å². The number of hydrogen-bond donors (Lipinski definition) is 1. The molecule has 6 aromatic rings. The first-order chi connectivity index (χ1) is 22.2. The van der Waals surface area contributed by atoms with Gasteiger partial charge in [-0.3, -0.25) is 22.9 Å². The van der Waals surface area contributed by atoms with Crippen LogP contribution in [0.25, 0.3) is 16.7 Å². The van der Waals surface area contributed by atoms with Crippen LogP contribution in [0.2, 0.25) is 5.02 Å². The zero-order valence-corrected chi connectivity index (χ0v) is 27.3. The molecule has 0 bridgehead atoms. The quantitative estimate of drug-likeness (QED) is 0.177. The van der Waals surface area contributed by atoms with Crippen molar-refractivity contribution in [2.45, 2.75) is 30.4 Å². The van der Waals surface area contributed by atoms with E-state index in [-0.39, 0.29) is 33.5 Å². The second kappa shape index (κ2) is 13.0. The van der Waals surface area contributed by atoms with Crippen molar-refractivity contribution in [3.05, 3.63) is 124 Å². The maximum absolute atomic E-state index is 13.5. The zero-order valence-electron chi connectivity index (χ0n) is 24.9. The molecule has 1 N–H and O–H groups in total. The predicted molar refractivity (Wildman–Crippen MR) is 182 cm³/mol. The minimum absolute atomic E-state index is 0.00738. The predicted octanol–water partition coefficient (Wildman–Crippen LogP) is 6.00. The third-order valence-electron chi connectivity index (χ3n) is 7.40. The van der Waals surface area contributed by atoms with Crippen molar-refractivity contribution in [2.24, 2.45) is 0 Å². The van der Waals surface area contributed by atoms with Gasteiger partial charge < -0.3 is 5.32 Å².